The Bertz CT molecular complexity index is 817. The third-order valence-corrected chi connectivity index (χ3v) is 12.9. The van der Waals surface area contributed by atoms with Crippen LogP contribution >= 0.6 is 0 Å². The number of hydrogen-bond donors (Lipinski definition) is 2. The molecule has 3 heteroatoms. The predicted octanol–water partition coefficient (Wildman–Crippen LogP) is 7.48. The Hall–Kier alpha value is -0.830. The lowest BCUT2D eigenvalue weighted by atomic mass is 9.34. The van der Waals surface area contributed by atoms with Crippen LogP contribution in [-0.2, 0) is 4.79 Å². The molecule has 0 bridgehead atoms. The molecule has 0 amide bonds. The summed E-state index contributed by atoms with van der Waals surface area (Å²) >= 11 is 0. The molecule has 4 aliphatic rings. The zero-order valence-corrected chi connectivity index (χ0v) is 22.5. The topological polar surface area (TPSA) is 57.5 Å². The largest absolute Gasteiger partial charge is 0.481 e. The van der Waals surface area contributed by atoms with Crippen molar-refractivity contribution >= 4 is 5.97 Å². The molecule has 0 aromatic rings. The minimum absolute atomic E-state index is 0.125. The van der Waals surface area contributed by atoms with Gasteiger partial charge in [0.2, 0.25) is 0 Å². The molecule has 2 N–H and O–H groups in total. The van der Waals surface area contributed by atoms with Gasteiger partial charge in [-0.3, -0.25) is 4.79 Å². The van der Waals surface area contributed by atoms with E-state index < -0.39 is 17.0 Å². The van der Waals surface area contributed by atoms with Gasteiger partial charge in [-0.1, -0.05) is 48.1 Å². The molecule has 33 heavy (non-hydrogen) atoms. The number of rotatable bonds is 5. The molecule has 4 saturated carbocycles. The second-order valence-corrected chi connectivity index (χ2v) is 14.1. The van der Waals surface area contributed by atoms with E-state index in [2.05, 4.69) is 48.1 Å². The first-order chi connectivity index (χ1) is 15.2. The van der Waals surface area contributed by atoms with Gasteiger partial charge in [0.1, 0.15) is 0 Å². The van der Waals surface area contributed by atoms with Gasteiger partial charge in [-0.15, -0.1) is 0 Å². The van der Waals surface area contributed by atoms with Crippen LogP contribution in [0.25, 0.3) is 0 Å². The van der Waals surface area contributed by atoms with E-state index in [0.29, 0.717) is 29.1 Å². The van der Waals surface area contributed by atoms with E-state index in [9.17, 15) is 15.0 Å². The average molecular weight is 459 g/mol. The third kappa shape index (κ3) is 3.19. The van der Waals surface area contributed by atoms with Crippen molar-refractivity contribution in [2.24, 2.45) is 51.2 Å². The lowest BCUT2D eigenvalue weighted by Gasteiger charge is -2.71. The summed E-state index contributed by atoms with van der Waals surface area (Å²) in [7, 11) is 0. The lowest BCUT2D eigenvalue weighted by molar-refractivity contribution is -0.237. The number of carbonyl (C=O) groups is 1. The summed E-state index contributed by atoms with van der Waals surface area (Å²) < 4.78 is 0. The van der Waals surface area contributed by atoms with Crippen molar-refractivity contribution < 1.29 is 15.0 Å². The Balaban J connectivity index is 1.73. The quantitative estimate of drug-likeness (QED) is 0.420. The fraction of sp³-hybridized carbons (Fsp3) is 0.900. The van der Waals surface area contributed by atoms with Crippen LogP contribution in [0.15, 0.2) is 12.2 Å². The highest BCUT2D eigenvalue weighted by Gasteiger charge is 2.70. The number of aliphatic carboxylic acids is 1. The Morgan fingerprint density at radius 2 is 1.58 bits per heavy atom. The summed E-state index contributed by atoms with van der Waals surface area (Å²) in [6, 6.07) is 0. The van der Waals surface area contributed by atoms with Crippen LogP contribution in [0.1, 0.15) is 113 Å². The number of carboxylic acid groups (broad SMARTS) is 1. The first-order valence-corrected chi connectivity index (χ1v) is 13.8. The first-order valence-electron chi connectivity index (χ1n) is 13.8. The van der Waals surface area contributed by atoms with E-state index in [1.165, 1.54) is 32.1 Å². The van der Waals surface area contributed by atoms with Gasteiger partial charge in [0.15, 0.2) is 0 Å². The monoisotopic (exact) mass is 458 g/mol. The second-order valence-electron chi connectivity index (χ2n) is 14.1. The maximum atomic E-state index is 12.0. The molecule has 4 aliphatic carbocycles. The van der Waals surface area contributed by atoms with Gasteiger partial charge >= 0.3 is 5.97 Å². The maximum absolute atomic E-state index is 12.0. The van der Waals surface area contributed by atoms with Crippen LogP contribution in [0.4, 0.5) is 0 Å². The highest BCUT2D eigenvalue weighted by Crippen LogP contribution is 2.76. The van der Waals surface area contributed by atoms with Gasteiger partial charge < -0.3 is 10.2 Å². The molecule has 0 heterocycles. The summed E-state index contributed by atoms with van der Waals surface area (Å²) in [5, 5.41) is 21.5. The zero-order valence-electron chi connectivity index (χ0n) is 22.5. The fourth-order valence-electron chi connectivity index (χ4n) is 10.8. The smallest absolute Gasteiger partial charge is 0.303 e. The summed E-state index contributed by atoms with van der Waals surface area (Å²) in [5.41, 5.74) is 0.465. The van der Waals surface area contributed by atoms with Crippen molar-refractivity contribution in [3.05, 3.63) is 12.2 Å². The van der Waals surface area contributed by atoms with Crippen LogP contribution in [-0.4, -0.2) is 21.8 Å². The molecular formula is C30H50O3. The van der Waals surface area contributed by atoms with Gasteiger partial charge in [0, 0.05) is 11.8 Å². The lowest BCUT2D eigenvalue weighted by Crippen LogP contribution is -2.66. The maximum Gasteiger partial charge on any atom is 0.303 e. The van der Waals surface area contributed by atoms with Crippen molar-refractivity contribution in [3.63, 3.8) is 0 Å². The third-order valence-electron chi connectivity index (χ3n) is 12.9. The molecule has 0 aliphatic heterocycles. The van der Waals surface area contributed by atoms with E-state index in [4.69, 9.17) is 0 Å². The molecule has 0 aromatic carbocycles. The number of carboxylic acids is 1. The first kappa shape index (κ1) is 25.3. The summed E-state index contributed by atoms with van der Waals surface area (Å²) in [4.78, 5) is 11.6. The zero-order chi connectivity index (χ0) is 24.6. The minimum Gasteiger partial charge on any atom is -0.481 e. The molecule has 188 valence electrons. The summed E-state index contributed by atoms with van der Waals surface area (Å²) in [6.45, 7) is 21.0. The van der Waals surface area contributed by atoms with Gasteiger partial charge in [-0.25, -0.2) is 0 Å². The Morgan fingerprint density at radius 1 is 0.939 bits per heavy atom. The van der Waals surface area contributed by atoms with Crippen molar-refractivity contribution in [3.8, 4) is 0 Å². The van der Waals surface area contributed by atoms with Crippen molar-refractivity contribution in [1.29, 1.82) is 0 Å². The molecule has 0 spiro atoms. The van der Waals surface area contributed by atoms with Crippen molar-refractivity contribution in [1.82, 2.24) is 0 Å². The number of fused-ring (bicyclic) bond motifs is 5. The van der Waals surface area contributed by atoms with Crippen LogP contribution in [0, 0.1) is 51.2 Å². The predicted molar refractivity (Wildman–Crippen MR) is 135 cm³/mol. The molecule has 0 aromatic heterocycles. The van der Waals surface area contributed by atoms with E-state index in [1.807, 2.05) is 6.92 Å². The minimum atomic E-state index is -0.965. The summed E-state index contributed by atoms with van der Waals surface area (Å²) in [5.74, 6) is 2.53. The van der Waals surface area contributed by atoms with Gasteiger partial charge in [-0.2, -0.15) is 0 Å². The molecule has 9 atom stereocenters. The van der Waals surface area contributed by atoms with Gasteiger partial charge in [-0.05, 0) is 116 Å². The van der Waals surface area contributed by atoms with E-state index in [1.54, 1.807) is 0 Å². The Morgan fingerprint density at radius 3 is 2.15 bits per heavy atom. The number of hydrogen-bond acceptors (Lipinski definition) is 2. The summed E-state index contributed by atoms with van der Waals surface area (Å²) in [6.07, 6.45) is 10.1. The van der Waals surface area contributed by atoms with Crippen LogP contribution in [0.3, 0.4) is 0 Å². The molecule has 4 fully saturated rings. The van der Waals surface area contributed by atoms with E-state index in [-0.39, 0.29) is 11.8 Å². The van der Waals surface area contributed by atoms with Crippen LogP contribution in [0.5, 0.6) is 0 Å². The SMILES string of the molecule is C=C(C)[C@]1(O)CC[C@H]2[C@H](CC[C@@]3(C)[C@@H]4CC[C@H](C(C)C)[C@@]4(C)CC[C@]23C)[C@@]1(C)CCC(=O)O. The molecule has 0 saturated heterocycles. The van der Waals surface area contributed by atoms with Crippen molar-refractivity contribution in [2.45, 2.75) is 118 Å². The second kappa shape index (κ2) is 7.84. The van der Waals surface area contributed by atoms with Crippen LogP contribution < -0.4 is 0 Å². The Kier molecular flexibility index (Phi) is 6.00. The van der Waals surface area contributed by atoms with E-state index in [0.717, 1.165) is 42.6 Å². The molecule has 3 nitrogen and oxygen atoms in total. The highest BCUT2D eigenvalue weighted by molar-refractivity contribution is 5.66. The van der Waals surface area contributed by atoms with Crippen LogP contribution in [0.2, 0.25) is 0 Å². The molecule has 0 unspecified atom stereocenters. The normalized spacial score (nSPS) is 51.5. The number of aliphatic hydroxyl groups is 1. The average Bonchev–Trinajstić information content (AvgIpc) is 3.09. The molecule has 0 radical (unpaired) electrons. The fourth-order valence-corrected chi connectivity index (χ4v) is 10.8. The Labute approximate surface area is 202 Å². The van der Waals surface area contributed by atoms with Gasteiger partial charge in [0.05, 0.1) is 5.60 Å². The molecular weight excluding hydrogens is 408 g/mol. The highest BCUT2D eigenvalue weighted by atomic mass is 16.4. The molecule has 4 rings (SSSR count). The van der Waals surface area contributed by atoms with Gasteiger partial charge in [0.25, 0.3) is 0 Å². The van der Waals surface area contributed by atoms with Crippen molar-refractivity contribution in [2.75, 3.05) is 0 Å². The van der Waals surface area contributed by atoms with E-state index >= 15 is 0 Å². The standard InChI is InChI=1S/C30H50O3/c1-19(2)21-9-10-24-26(21,5)17-18-27(6)22-12-16-30(33,20(3)4)28(7,15-13-25(31)32)23(22)11-14-29(24,27)8/h19,21-24,33H,3,9-18H2,1-2,4-8H3,(H,31,32)/t21-,22+,23+,24-,26-,27-,28-,29+,30-/m1/s1.